The second-order valence-corrected chi connectivity index (χ2v) is 6.18. The van der Waals surface area contributed by atoms with Crippen LogP contribution in [0.25, 0.3) is 0 Å². The van der Waals surface area contributed by atoms with Gasteiger partial charge in [-0.25, -0.2) is 4.98 Å². The molecule has 0 saturated carbocycles. The number of hydrogen-bond donors (Lipinski definition) is 1. The Hall–Kier alpha value is -1.39. The van der Waals surface area contributed by atoms with E-state index in [2.05, 4.69) is 40.8 Å². The molecule has 0 amide bonds. The molecule has 1 aliphatic heterocycles. The predicted octanol–water partition coefficient (Wildman–Crippen LogP) is 3.28. The number of aromatic nitrogens is 1. The van der Waals surface area contributed by atoms with Crippen LogP contribution in [0.3, 0.4) is 0 Å². The third kappa shape index (κ3) is 3.02. The van der Waals surface area contributed by atoms with Crippen LogP contribution >= 0.6 is 11.3 Å². The number of nitrogens with one attached hydrogen (secondary N) is 1. The summed E-state index contributed by atoms with van der Waals surface area (Å²) in [5.74, 6) is 1.06. The highest BCUT2D eigenvalue weighted by atomic mass is 32.1. The fourth-order valence-electron chi connectivity index (χ4n) is 2.49. The molecule has 106 valence electrons. The van der Waals surface area contributed by atoms with Gasteiger partial charge in [0.1, 0.15) is 10.8 Å². The lowest BCUT2D eigenvalue weighted by Crippen LogP contribution is -2.21. The first-order valence-corrected chi connectivity index (χ1v) is 8.00. The van der Waals surface area contributed by atoms with E-state index in [1.54, 1.807) is 11.3 Å². The Bertz CT molecular complexity index is 594. The van der Waals surface area contributed by atoms with Crippen LogP contribution in [-0.4, -0.2) is 18.1 Å². The summed E-state index contributed by atoms with van der Waals surface area (Å²) >= 11 is 1.73. The molecule has 4 heteroatoms. The van der Waals surface area contributed by atoms with E-state index >= 15 is 0 Å². The quantitative estimate of drug-likeness (QED) is 0.917. The van der Waals surface area contributed by atoms with Gasteiger partial charge in [-0.05, 0) is 44.0 Å². The van der Waals surface area contributed by atoms with E-state index in [0.29, 0.717) is 6.04 Å². The van der Waals surface area contributed by atoms with Crippen molar-refractivity contribution in [2.24, 2.45) is 0 Å². The first kappa shape index (κ1) is 13.6. The number of fused-ring (bicyclic) bond motifs is 1. The van der Waals surface area contributed by atoms with Gasteiger partial charge in [0.2, 0.25) is 0 Å². The highest BCUT2D eigenvalue weighted by Crippen LogP contribution is 2.26. The predicted molar refractivity (Wildman–Crippen MR) is 82.6 cm³/mol. The van der Waals surface area contributed by atoms with E-state index in [-0.39, 0.29) is 0 Å². The molecule has 1 N–H and O–H groups in total. The second kappa shape index (κ2) is 5.94. The standard InChI is InChI=1S/C16H20N2OS/c1-11-10-20-16(18-11)12(2)17-7-5-13-3-4-15-14(9-13)6-8-19-15/h3-4,9-10,12,17H,5-8H2,1-2H3. The largest absolute Gasteiger partial charge is 0.493 e. The summed E-state index contributed by atoms with van der Waals surface area (Å²) in [5.41, 5.74) is 3.84. The number of ether oxygens (including phenoxy) is 1. The Kier molecular flexibility index (Phi) is 4.03. The molecule has 0 saturated heterocycles. The topological polar surface area (TPSA) is 34.1 Å². The molecule has 2 aromatic rings. The van der Waals surface area contributed by atoms with Crippen molar-refractivity contribution in [2.75, 3.05) is 13.2 Å². The van der Waals surface area contributed by atoms with E-state index in [4.69, 9.17) is 4.74 Å². The van der Waals surface area contributed by atoms with Crippen molar-refractivity contribution in [3.8, 4) is 5.75 Å². The molecule has 1 aromatic heterocycles. The Labute approximate surface area is 124 Å². The lowest BCUT2D eigenvalue weighted by molar-refractivity contribution is 0.357. The van der Waals surface area contributed by atoms with Gasteiger partial charge in [-0.1, -0.05) is 12.1 Å². The number of thiazole rings is 1. The minimum atomic E-state index is 0.325. The van der Waals surface area contributed by atoms with Crippen LogP contribution in [0.2, 0.25) is 0 Å². The van der Waals surface area contributed by atoms with E-state index in [1.807, 2.05) is 6.92 Å². The molecule has 0 fully saturated rings. The number of hydrogen-bond acceptors (Lipinski definition) is 4. The molecule has 2 heterocycles. The van der Waals surface area contributed by atoms with Gasteiger partial charge in [-0.15, -0.1) is 11.3 Å². The monoisotopic (exact) mass is 288 g/mol. The first-order chi connectivity index (χ1) is 9.72. The summed E-state index contributed by atoms with van der Waals surface area (Å²) < 4.78 is 5.53. The van der Waals surface area contributed by atoms with Gasteiger partial charge in [-0.2, -0.15) is 0 Å². The smallest absolute Gasteiger partial charge is 0.122 e. The van der Waals surface area contributed by atoms with E-state index in [0.717, 1.165) is 37.4 Å². The molecule has 3 rings (SSSR count). The van der Waals surface area contributed by atoms with Gasteiger partial charge in [0.25, 0.3) is 0 Å². The van der Waals surface area contributed by atoms with Crippen LogP contribution in [0.4, 0.5) is 0 Å². The molecule has 1 unspecified atom stereocenters. The summed E-state index contributed by atoms with van der Waals surface area (Å²) in [6, 6.07) is 6.88. The summed E-state index contributed by atoms with van der Waals surface area (Å²) in [7, 11) is 0. The average Bonchev–Trinajstić information content (AvgIpc) is 3.06. The van der Waals surface area contributed by atoms with Crippen molar-refractivity contribution in [1.82, 2.24) is 10.3 Å². The van der Waals surface area contributed by atoms with Crippen molar-refractivity contribution in [3.05, 3.63) is 45.4 Å². The Balaban J connectivity index is 1.52. The number of benzene rings is 1. The summed E-state index contributed by atoms with van der Waals surface area (Å²) in [4.78, 5) is 4.52. The Morgan fingerprint density at radius 3 is 3.15 bits per heavy atom. The first-order valence-electron chi connectivity index (χ1n) is 7.12. The van der Waals surface area contributed by atoms with Gasteiger partial charge < -0.3 is 10.1 Å². The van der Waals surface area contributed by atoms with Crippen molar-refractivity contribution < 1.29 is 4.74 Å². The SMILES string of the molecule is Cc1csc(C(C)NCCc2ccc3c(c2)CCO3)n1. The lowest BCUT2D eigenvalue weighted by atomic mass is 10.1. The number of nitrogens with zero attached hydrogens (tertiary/aromatic N) is 1. The zero-order chi connectivity index (χ0) is 13.9. The Morgan fingerprint density at radius 1 is 1.45 bits per heavy atom. The van der Waals surface area contributed by atoms with Crippen molar-refractivity contribution in [1.29, 1.82) is 0 Å². The fraction of sp³-hybridized carbons (Fsp3) is 0.438. The van der Waals surface area contributed by atoms with Crippen molar-refractivity contribution in [3.63, 3.8) is 0 Å². The summed E-state index contributed by atoms with van der Waals surface area (Å²) in [6.07, 6.45) is 2.09. The van der Waals surface area contributed by atoms with Crippen molar-refractivity contribution in [2.45, 2.75) is 32.7 Å². The summed E-state index contributed by atoms with van der Waals surface area (Å²) in [6.45, 7) is 6.02. The molecule has 0 aliphatic carbocycles. The van der Waals surface area contributed by atoms with Crippen LogP contribution < -0.4 is 10.1 Å². The minimum absolute atomic E-state index is 0.325. The average molecular weight is 288 g/mol. The van der Waals surface area contributed by atoms with E-state index in [9.17, 15) is 0 Å². The molecule has 0 radical (unpaired) electrons. The maximum Gasteiger partial charge on any atom is 0.122 e. The van der Waals surface area contributed by atoms with E-state index in [1.165, 1.54) is 16.1 Å². The molecule has 0 bridgehead atoms. The zero-order valence-corrected chi connectivity index (χ0v) is 12.8. The molecule has 1 atom stereocenters. The van der Waals surface area contributed by atoms with Crippen LogP contribution in [0.15, 0.2) is 23.6 Å². The molecule has 3 nitrogen and oxygen atoms in total. The zero-order valence-electron chi connectivity index (χ0n) is 12.0. The highest BCUT2D eigenvalue weighted by Gasteiger charge is 2.12. The summed E-state index contributed by atoms with van der Waals surface area (Å²) in [5, 5.41) is 6.82. The van der Waals surface area contributed by atoms with Gasteiger partial charge in [0.15, 0.2) is 0 Å². The normalized spacial score (nSPS) is 14.9. The molecule has 1 aromatic carbocycles. The Morgan fingerprint density at radius 2 is 2.35 bits per heavy atom. The van der Waals surface area contributed by atoms with Crippen LogP contribution in [0.1, 0.15) is 34.8 Å². The van der Waals surface area contributed by atoms with Gasteiger partial charge in [0, 0.05) is 17.5 Å². The fourth-order valence-corrected chi connectivity index (χ4v) is 3.31. The molecular formula is C16H20N2OS. The maximum atomic E-state index is 5.53. The molecule has 1 aliphatic rings. The maximum absolute atomic E-state index is 5.53. The minimum Gasteiger partial charge on any atom is -0.493 e. The van der Waals surface area contributed by atoms with Crippen LogP contribution in [-0.2, 0) is 12.8 Å². The van der Waals surface area contributed by atoms with Crippen LogP contribution in [0, 0.1) is 6.92 Å². The molecule has 0 spiro atoms. The van der Waals surface area contributed by atoms with Gasteiger partial charge >= 0.3 is 0 Å². The third-order valence-corrected chi connectivity index (χ3v) is 4.77. The highest BCUT2D eigenvalue weighted by molar-refractivity contribution is 7.09. The number of aryl methyl sites for hydroxylation is 1. The lowest BCUT2D eigenvalue weighted by Gasteiger charge is -2.11. The molecule has 20 heavy (non-hydrogen) atoms. The van der Waals surface area contributed by atoms with E-state index < -0.39 is 0 Å². The number of rotatable bonds is 5. The van der Waals surface area contributed by atoms with Gasteiger partial charge in [0.05, 0.1) is 12.6 Å². The van der Waals surface area contributed by atoms with Gasteiger partial charge in [-0.3, -0.25) is 0 Å². The molecular weight excluding hydrogens is 268 g/mol. The second-order valence-electron chi connectivity index (χ2n) is 5.29. The third-order valence-electron chi connectivity index (χ3n) is 3.63. The van der Waals surface area contributed by atoms with Crippen molar-refractivity contribution >= 4 is 11.3 Å². The van der Waals surface area contributed by atoms with Crippen LogP contribution in [0.5, 0.6) is 5.75 Å².